The second kappa shape index (κ2) is 8.16. The van der Waals surface area contributed by atoms with E-state index >= 15 is 0 Å². The summed E-state index contributed by atoms with van der Waals surface area (Å²) in [5.41, 5.74) is -1.96. The Hall–Kier alpha value is -0.790. The SMILES string of the molecule is COC1C2C(CO)(OC)[C@H](C)C[C@H](C)[C@@]2(C)C(O)[C@H](C)C2=C(C)C(C=O)CC1(O)C2(C)C. The molecule has 0 amide bonds. The molecular weight excluding hydrogens is 408 g/mol. The maximum absolute atomic E-state index is 12.5. The number of hydrogen-bond acceptors (Lipinski definition) is 6. The lowest BCUT2D eigenvalue weighted by atomic mass is 9.41. The molecule has 0 aromatic carbocycles. The van der Waals surface area contributed by atoms with Gasteiger partial charge in [-0.15, -0.1) is 0 Å². The van der Waals surface area contributed by atoms with Crippen LogP contribution in [0.3, 0.4) is 0 Å². The third kappa shape index (κ3) is 2.92. The van der Waals surface area contributed by atoms with Crippen LogP contribution in [0.4, 0.5) is 0 Å². The van der Waals surface area contributed by atoms with Gasteiger partial charge in [-0.1, -0.05) is 52.7 Å². The van der Waals surface area contributed by atoms with Crippen molar-refractivity contribution in [2.75, 3.05) is 20.8 Å². The highest BCUT2D eigenvalue weighted by molar-refractivity contribution is 5.61. The molecule has 3 aliphatic rings. The summed E-state index contributed by atoms with van der Waals surface area (Å²) in [7, 11) is 3.18. The van der Waals surface area contributed by atoms with Gasteiger partial charge in [-0.05, 0) is 31.6 Å². The van der Waals surface area contributed by atoms with E-state index in [9.17, 15) is 20.1 Å². The number of aliphatic hydroxyl groups is 3. The molecule has 6 unspecified atom stereocenters. The molecular formula is C26H44O6. The van der Waals surface area contributed by atoms with Crippen LogP contribution in [-0.2, 0) is 14.3 Å². The summed E-state index contributed by atoms with van der Waals surface area (Å²) in [4.78, 5) is 12.1. The number of fused-ring (bicyclic) bond motifs is 3. The van der Waals surface area contributed by atoms with Gasteiger partial charge in [-0.2, -0.15) is 0 Å². The standard InChI is InChI=1S/C26H44O6/c1-14-10-15(2)25(13-28,32-9)20-22(31-8)26(30)11-18(12-27)16(3)19(23(26,5)6)17(4)21(29)24(14,20)7/h12,14-15,17-18,20-22,28-30H,10-11,13H2,1-9H3/t14-,15+,17+,18?,20?,21?,22?,24+,25?,26?/m0/s1. The predicted octanol–water partition coefficient (Wildman–Crippen LogP) is 2.98. The summed E-state index contributed by atoms with van der Waals surface area (Å²) < 4.78 is 12.3. The summed E-state index contributed by atoms with van der Waals surface area (Å²) >= 11 is 0. The number of allylic oxidation sites excluding steroid dienone is 1. The number of ether oxygens (including phenoxy) is 2. The first kappa shape index (κ1) is 25.8. The van der Waals surface area contributed by atoms with E-state index in [0.29, 0.717) is 0 Å². The monoisotopic (exact) mass is 452 g/mol. The van der Waals surface area contributed by atoms with Gasteiger partial charge in [-0.3, -0.25) is 0 Å². The third-order valence-corrected chi connectivity index (χ3v) is 10.5. The molecule has 2 fully saturated rings. The Kier molecular flexibility index (Phi) is 6.58. The fraction of sp³-hybridized carbons (Fsp3) is 0.885. The molecule has 0 saturated heterocycles. The molecule has 10 atom stereocenters. The molecule has 0 heterocycles. The fourth-order valence-corrected chi connectivity index (χ4v) is 8.35. The molecule has 2 saturated carbocycles. The first-order valence-electron chi connectivity index (χ1n) is 12.0. The Bertz CT molecular complexity index is 770. The highest BCUT2D eigenvalue weighted by Crippen LogP contribution is 2.66. The number of aliphatic hydroxyl groups excluding tert-OH is 2. The molecule has 0 aromatic heterocycles. The molecule has 184 valence electrons. The van der Waals surface area contributed by atoms with Crippen LogP contribution in [0, 0.1) is 40.4 Å². The Morgan fingerprint density at radius 3 is 2.19 bits per heavy atom. The van der Waals surface area contributed by atoms with Crippen LogP contribution in [0.25, 0.3) is 0 Å². The van der Waals surface area contributed by atoms with Crippen LogP contribution in [0.1, 0.15) is 61.3 Å². The van der Waals surface area contributed by atoms with Gasteiger partial charge in [0.1, 0.15) is 11.9 Å². The van der Waals surface area contributed by atoms with Gasteiger partial charge >= 0.3 is 0 Å². The highest BCUT2D eigenvalue weighted by atomic mass is 16.5. The molecule has 2 bridgehead atoms. The highest BCUT2D eigenvalue weighted by Gasteiger charge is 2.71. The molecule has 0 aromatic rings. The Morgan fingerprint density at radius 2 is 1.72 bits per heavy atom. The normalized spacial score (nSPS) is 50.9. The summed E-state index contributed by atoms with van der Waals surface area (Å²) in [6.07, 6.45) is 0.392. The van der Waals surface area contributed by atoms with Gasteiger partial charge in [0.25, 0.3) is 0 Å². The van der Waals surface area contributed by atoms with E-state index in [1.807, 2.05) is 27.7 Å². The number of aldehydes is 1. The average molecular weight is 453 g/mol. The van der Waals surface area contributed by atoms with Crippen molar-refractivity contribution in [1.82, 2.24) is 0 Å². The Balaban J connectivity index is 2.45. The van der Waals surface area contributed by atoms with E-state index in [-0.39, 0.29) is 30.8 Å². The van der Waals surface area contributed by atoms with E-state index in [1.54, 1.807) is 14.2 Å². The topological polar surface area (TPSA) is 96.2 Å². The van der Waals surface area contributed by atoms with Crippen molar-refractivity contribution in [3.05, 3.63) is 11.1 Å². The zero-order chi connectivity index (χ0) is 24.4. The number of carbonyl (C=O) groups excluding carboxylic acids is 1. The third-order valence-electron chi connectivity index (χ3n) is 10.5. The van der Waals surface area contributed by atoms with Crippen LogP contribution in [-0.4, -0.2) is 65.8 Å². The minimum absolute atomic E-state index is 0.0147. The summed E-state index contributed by atoms with van der Waals surface area (Å²) in [5.74, 6) is -1.15. The molecule has 3 aliphatic carbocycles. The zero-order valence-corrected chi connectivity index (χ0v) is 21.3. The lowest BCUT2D eigenvalue weighted by Gasteiger charge is -2.68. The lowest BCUT2D eigenvalue weighted by Crippen LogP contribution is -2.75. The van der Waals surface area contributed by atoms with E-state index < -0.39 is 46.1 Å². The van der Waals surface area contributed by atoms with E-state index in [2.05, 4.69) is 20.8 Å². The van der Waals surface area contributed by atoms with Crippen molar-refractivity contribution in [2.24, 2.45) is 40.4 Å². The van der Waals surface area contributed by atoms with E-state index in [1.165, 1.54) is 0 Å². The van der Waals surface area contributed by atoms with Crippen LogP contribution in [0.15, 0.2) is 11.1 Å². The maximum atomic E-state index is 12.5. The van der Waals surface area contributed by atoms with Gasteiger partial charge in [-0.25, -0.2) is 0 Å². The molecule has 6 heteroatoms. The number of methoxy groups -OCH3 is 2. The second-order valence-corrected chi connectivity index (χ2v) is 11.7. The minimum Gasteiger partial charge on any atom is -0.393 e. The van der Waals surface area contributed by atoms with Crippen molar-refractivity contribution < 1.29 is 29.6 Å². The maximum Gasteiger partial charge on any atom is 0.127 e. The molecule has 3 N–H and O–H groups in total. The zero-order valence-electron chi connectivity index (χ0n) is 21.3. The molecule has 0 spiro atoms. The summed E-state index contributed by atoms with van der Waals surface area (Å²) in [6, 6.07) is 0. The number of carbonyl (C=O) groups is 1. The largest absolute Gasteiger partial charge is 0.393 e. The first-order valence-corrected chi connectivity index (χ1v) is 12.0. The first-order chi connectivity index (χ1) is 14.8. The second-order valence-electron chi connectivity index (χ2n) is 11.7. The lowest BCUT2D eigenvalue weighted by molar-refractivity contribution is -0.300. The van der Waals surface area contributed by atoms with Crippen LogP contribution in [0.5, 0.6) is 0 Å². The molecule has 3 rings (SSSR count). The fourth-order valence-electron chi connectivity index (χ4n) is 8.35. The average Bonchev–Trinajstić information content (AvgIpc) is 2.74. The van der Waals surface area contributed by atoms with Crippen molar-refractivity contribution in [3.8, 4) is 0 Å². The van der Waals surface area contributed by atoms with Crippen LogP contribution >= 0.6 is 0 Å². The smallest absolute Gasteiger partial charge is 0.127 e. The van der Waals surface area contributed by atoms with Gasteiger partial charge in [0, 0.05) is 42.8 Å². The quantitative estimate of drug-likeness (QED) is 0.448. The van der Waals surface area contributed by atoms with Crippen molar-refractivity contribution in [2.45, 2.75) is 84.7 Å². The van der Waals surface area contributed by atoms with Gasteiger partial charge < -0.3 is 29.6 Å². The van der Waals surface area contributed by atoms with Crippen molar-refractivity contribution in [3.63, 3.8) is 0 Å². The Morgan fingerprint density at radius 1 is 1.12 bits per heavy atom. The van der Waals surface area contributed by atoms with Crippen LogP contribution in [0.2, 0.25) is 0 Å². The van der Waals surface area contributed by atoms with Crippen molar-refractivity contribution in [1.29, 1.82) is 0 Å². The number of rotatable bonds is 4. The molecule has 32 heavy (non-hydrogen) atoms. The van der Waals surface area contributed by atoms with Crippen molar-refractivity contribution >= 4 is 6.29 Å². The van der Waals surface area contributed by atoms with E-state index in [0.717, 1.165) is 23.9 Å². The van der Waals surface area contributed by atoms with Gasteiger partial charge in [0.2, 0.25) is 0 Å². The minimum atomic E-state index is -1.39. The summed E-state index contributed by atoms with van der Waals surface area (Å²) in [5, 5.41) is 35.3. The molecule has 0 radical (unpaired) electrons. The van der Waals surface area contributed by atoms with E-state index in [4.69, 9.17) is 9.47 Å². The Labute approximate surface area is 193 Å². The van der Waals surface area contributed by atoms with Crippen LogP contribution < -0.4 is 0 Å². The molecule has 0 aliphatic heterocycles. The van der Waals surface area contributed by atoms with Gasteiger partial charge in [0.15, 0.2) is 0 Å². The molecule has 6 nitrogen and oxygen atoms in total. The summed E-state index contributed by atoms with van der Waals surface area (Å²) in [6.45, 7) is 14.0. The predicted molar refractivity (Wildman–Crippen MR) is 123 cm³/mol. The number of hydrogen-bond donors (Lipinski definition) is 3. The van der Waals surface area contributed by atoms with Gasteiger partial charge in [0.05, 0.1) is 24.4 Å².